The Hall–Kier alpha value is -1.45. The van der Waals surface area contributed by atoms with E-state index in [4.69, 9.17) is 4.74 Å². The third kappa shape index (κ3) is 4.61. The van der Waals surface area contributed by atoms with Crippen molar-refractivity contribution < 1.29 is 22.7 Å². The Labute approximate surface area is 193 Å². The Morgan fingerprint density at radius 3 is 2.28 bits per heavy atom. The number of carbonyl (C=O) groups is 2. The first-order chi connectivity index (χ1) is 15.3. The highest BCUT2D eigenvalue weighted by Gasteiger charge is 2.51. The van der Waals surface area contributed by atoms with Crippen molar-refractivity contribution >= 4 is 33.2 Å². The van der Waals surface area contributed by atoms with Crippen LogP contribution in [0.5, 0.6) is 0 Å². The van der Waals surface area contributed by atoms with Crippen molar-refractivity contribution in [3.63, 3.8) is 0 Å². The summed E-state index contributed by atoms with van der Waals surface area (Å²) in [6.07, 6.45) is 9.90. The molecule has 2 heterocycles. The molecule has 4 aliphatic carbocycles. The van der Waals surface area contributed by atoms with Crippen LogP contribution in [-0.2, 0) is 30.8 Å². The quantitative estimate of drug-likeness (QED) is 0.606. The number of ether oxygens (including phenoxy) is 1. The molecule has 5 fully saturated rings. The smallest absolute Gasteiger partial charge is 0.311 e. The fourth-order valence-electron chi connectivity index (χ4n) is 6.76. The number of hydrogen-bond acceptors (Lipinski definition) is 6. The second-order valence-electron chi connectivity index (χ2n) is 10.3. The van der Waals surface area contributed by atoms with Gasteiger partial charge in [-0.1, -0.05) is 6.42 Å². The normalized spacial score (nSPS) is 32.1. The van der Waals surface area contributed by atoms with Crippen molar-refractivity contribution in [2.75, 3.05) is 19.7 Å². The number of nitrogens with zero attached hydrogens (tertiary/aromatic N) is 1. The summed E-state index contributed by atoms with van der Waals surface area (Å²) >= 11 is 1.11. The van der Waals surface area contributed by atoms with E-state index < -0.39 is 16.0 Å². The van der Waals surface area contributed by atoms with Gasteiger partial charge >= 0.3 is 5.97 Å². The molecule has 1 aromatic rings. The zero-order chi connectivity index (χ0) is 22.3. The van der Waals surface area contributed by atoms with Crippen LogP contribution in [0.2, 0.25) is 0 Å². The summed E-state index contributed by atoms with van der Waals surface area (Å²) in [5.74, 6) is 1.48. The van der Waals surface area contributed by atoms with Crippen LogP contribution in [0, 0.1) is 17.8 Å². The Morgan fingerprint density at radius 2 is 1.66 bits per heavy atom. The van der Waals surface area contributed by atoms with Gasteiger partial charge in [0.1, 0.15) is 4.21 Å². The monoisotopic (exact) mass is 480 g/mol. The molecule has 1 amide bonds. The Morgan fingerprint density at radius 1 is 1.03 bits per heavy atom. The lowest BCUT2D eigenvalue weighted by molar-refractivity contribution is -0.149. The van der Waals surface area contributed by atoms with Gasteiger partial charge in [0, 0.05) is 23.5 Å². The molecule has 1 saturated heterocycles. The molecular formula is C23H32N2O5S2. The molecule has 4 bridgehead atoms. The molecule has 9 heteroatoms. The van der Waals surface area contributed by atoms with E-state index in [1.54, 1.807) is 12.1 Å². The first-order valence-electron chi connectivity index (χ1n) is 11.9. The molecule has 1 N–H and O–H groups in total. The predicted molar refractivity (Wildman–Crippen MR) is 121 cm³/mol. The molecule has 6 rings (SSSR count). The van der Waals surface area contributed by atoms with Gasteiger partial charge in [0.25, 0.3) is 15.9 Å². The van der Waals surface area contributed by atoms with E-state index in [1.807, 2.05) is 0 Å². The Balaban J connectivity index is 1.11. The molecule has 0 aromatic carbocycles. The van der Waals surface area contributed by atoms with Crippen LogP contribution in [0.1, 0.15) is 62.7 Å². The molecule has 0 atom stereocenters. The maximum Gasteiger partial charge on any atom is 0.311 e. The lowest BCUT2D eigenvalue weighted by Gasteiger charge is -2.56. The maximum atomic E-state index is 12.8. The molecule has 32 heavy (non-hydrogen) atoms. The molecular weight excluding hydrogens is 448 g/mol. The van der Waals surface area contributed by atoms with Crippen LogP contribution in [0.15, 0.2) is 16.3 Å². The van der Waals surface area contributed by atoms with Crippen molar-refractivity contribution in [3.05, 3.63) is 17.0 Å². The van der Waals surface area contributed by atoms with Gasteiger partial charge in [0.15, 0.2) is 6.61 Å². The van der Waals surface area contributed by atoms with Crippen LogP contribution in [0.4, 0.5) is 0 Å². The zero-order valence-electron chi connectivity index (χ0n) is 18.4. The molecule has 7 nitrogen and oxygen atoms in total. The van der Waals surface area contributed by atoms with Crippen molar-refractivity contribution in [3.8, 4) is 0 Å². The SMILES string of the molecule is O=C(COC(=O)Cc1ccc(S(=O)(=O)N2CCCCC2)s1)NC12CC3CC(CC(C3)C1)C2. The average Bonchev–Trinajstić information content (AvgIpc) is 3.21. The Bertz CT molecular complexity index is 945. The second-order valence-corrected chi connectivity index (χ2v) is 13.6. The minimum absolute atomic E-state index is 0.0230. The van der Waals surface area contributed by atoms with Gasteiger partial charge in [-0.05, 0) is 81.3 Å². The molecule has 5 aliphatic rings. The standard InChI is InChI=1S/C23H32N2O5S2/c26-20(24-23-12-16-8-17(13-23)10-18(9-16)14-23)15-30-21(27)11-19-4-5-22(31-19)32(28,29)25-6-2-1-3-7-25/h4-5,16-18H,1-3,6-15H2,(H,24,26). The van der Waals surface area contributed by atoms with Crippen molar-refractivity contribution in [2.45, 2.75) is 74.0 Å². The van der Waals surface area contributed by atoms with Gasteiger partial charge in [-0.15, -0.1) is 11.3 Å². The highest BCUT2D eigenvalue weighted by Crippen LogP contribution is 2.55. The summed E-state index contributed by atoms with van der Waals surface area (Å²) in [7, 11) is -3.49. The van der Waals surface area contributed by atoms with E-state index in [2.05, 4.69) is 5.32 Å². The highest BCUT2D eigenvalue weighted by molar-refractivity contribution is 7.91. The predicted octanol–water partition coefficient (Wildman–Crippen LogP) is 3.09. The zero-order valence-corrected chi connectivity index (χ0v) is 20.0. The van der Waals surface area contributed by atoms with E-state index in [0.29, 0.717) is 18.0 Å². The van der Waals surface area contributed by atoms with E-state index in [0.717, 1.165) is 67.6 Å². The minimum atomic E-state index is -3.49. The molecule has 0 radical (unpaired) electrons. The molecule has 1 aromatic heterocycles. The first-order valence-corrected chi connectivity index (χ1v) is 14.1. The number of thiophene rings is 1. The Kier molecular flexibility index (Phi) is 6.09. The molecule has 0 unspecified atom stereocenters. The van der Waals surface area contributed by atoms with E-state index >= 15 is 0 Å². The summed E-state index contributed by atoms with van der Waals surface area (Å²) in [6, 6.07) is 3.23. The van der Waals surface area contributed by atoms with Gasteiger partial charge in [-0.3, -0.25) is 9.59 Å². The highest BCUT2D eigenvalue weighted by atomic mass is 32.2. The number of nitrogens with one attached hydrogen (secondary N) is 1. The lowest BCUT2D eigenvalue weighted by atomic mass is 9.53. The fraction of sp³-hybridized carbons (Fsp3) is 0.739. The summed E-state index contributed by atoms with van der Waals surface area (Å²) < 4.78 is 32.6. The third-order valence-corrected chi connectivity index (χ3v) is 11.1. The van der Waals surface area contributed by atoms with Crippen molar-refractivity contribution in [1.29, 1.82) is 0 Å². The maximum absolute atomic E-state index is 12.8. The van der Waals surface area contributed by atoms with Crippen LogP contribution in [0.25, 0.3) is 0 Å². The third-order valence-electron chi connectivity index (χ3n) is 7.67. The summed E-state index contributed by atoms with van der Waals surface area (Å²) in [5, 5.41) is 3.21. The average molecular weight is 481 g/mol. The van der Waals surface area contributed by atoms with Crippen LogP contribution in [-0.4, -0.2) is 49.8 Å². The summed E-state index contributed by atoms with van der Waals surface area (Å²) in [4.78, 5) is 25.4. The lowest BCUT2D eigenvalue weighted by Crippen LogP contribution is -2.60. The number of carbonyl (C=O) groups excluding carboxylic acids is 2. The molecule has 1 aliphatic heterocycles. The number of amides is 1. The minimum Gasteiger partial charge on any atom is -0.455 e. The summed E-state index contributed by atoms with van der Waals surface area (Å²) in [5.41, 5.74) is -0.0935. The fourth-order valence-corrected chi connectivity index (χ4v) is 9.77. The second kappa shape index (κ2) is 8.72. The van der Waals surface area contributed by atoms with Crippen LogP contribution >= 0.6 is 11.3 Å². The van der Waals surface area contributed by atoms with Crippen molar-refractivity contribution in [2.24, 2.45) is 17.8 Å². The van der Waals surface area contributed by atoms with E-state index in [1.165, 1.54) is 23.6 Å². The number of hydrogen-bond donors (Lipinski definition) is 1. The first kappa shape index (κ1) is 22.3. The van der Waals surface area contributed by atoms with Gasteiger partial charge in [0.2, 0.25) is 0 Å². The van der Waals surface area contributed by atoms with Crippen molar-refractivity contribution in [1.82, 2.24) is 9.62 Å². The molecule has 4 saturated carbocycles. The number of sulfonamides is 1. The topological polar surface area (TPSA) is 92.8 Å². The van der Waals surface area contributed by atoms with Crippen LogP contribution in [0.3, 0.4) is 0 Å². The summed E-state index contributed by atoms with van der Waals surface area (Å²) in [6.45, 7) is 0.831. The largest absolute Gasteiger partial charge is 0.455 e. The van der Waals surface area contributed by atoms with E-state index in [-0.39, 0.29) is 28.7 Å². The van der Waals surface area contributed by atoms with E-state index in [9.17, 15) is 18.0 Å². The van der Waals surface area contributed by atoms with Gasteiger partial charge in [-0.25, -0.2) is 8.42 Å². The van der Waals surface area contributed by atoms with Gasteiger partial charge in [0.05, 0.1) is 6.42 Å². The molecule has 0 spiro atoms. The number of piperidine rings is 1. The van der Waals surface area contributed by atoms with Crippen LogP contribution < -0.4 is 5.32 Å². The molecule has 176 valence electrons. The van der Waals surface area contributed by atoms with Gasteiger partial charge in [-0.2, -0.15) is 4.31 Å². The van der Waals surface area contributed by atoms with Gasteiger partial charge < -0.3 is 10.1 Å². The number of rotatable bonds is 7. The number of esters is 1.